The lowest BCUT2D eigenvalue weighted by Crippen LogP contribution is -2.25. The zero-order valence-corrected chi connectivity index (χ0v) is 13.9. The molecule has 130 valence electrons. The Bertz CT molecular complexity index is 620. The second kappa shape index (κ2) is 9.52. The highest BCUT2D eigenvalue weighted by molar-refractivity contribution is 5.87. The fraction of sp³-hybridized carbons (Fsp3) is 0.333. The summed E-state index contributed by atoms with van der Waals surface area (Å²) in [4.78, 5) is 22.6. The van der Waals surface area contributed by atoms with Crippen LogP contribution >= 0.6 is 0 Å². The van der Waals surface area contributed by atoms with E-state index in [4.69, 9.17) is 14.2 Å². The van der Waals surface area contributed by atoms with Crippen LogP contribution in [0, 0.1) is 0 Å². The predicted molar refractivity (Wildman–Crippen MR) is 88.3 cm³/mol. The van der Waals surface area contributed by atoms with Crippen LogP contribution in [-0.2, 0) is 25.7 Å². The van der Waals surface area contributed by atoms with E-state index in [1.54, 1.807) is 31.2 Å². The first-order valence-electron chi connectivity index (χ1n) is 7.34. The van der Waals surface area contributed by atoms with Crippen LogP contribution in [0.2, 0.25) is 0 Å². The summed E-state index contributed by atoms with van der Waals surface area (Å²) in [5.74, 6) is -0.518. The van der Waals surface area contributed by atoms with Gasteiger partial charge in [0.25, 0.3) is 0 Å². The zero-order valence-electron chi connectivity index (χ0n) is 13.9. The molecule has 0 heterocycles. The Morgan fingerprint density at radius 2 is 1.71 bits per heavy atom. The molecule has 0 saturated carbocycles. The summed E-state index contributed by atoms with van der Waals surface area (Å²) in [6.45, 7) is 9.93. The minimum atomic E-state index is -0.960. The lowest BCUT2D eigenvalue weighted by molar-refractivity contribution is -0.142. The largest absolute Gasteiger partial charge is 0.491 e. The maximum atomic E-state index is 11.4. The van der Waals surface area contributed by atoms with Gasteiger partial charge in [-0.3, -0.25) is 0 Å². The Labute approximate surface area is 141 Å². The van der Waals surface area contributed by atoms with Crippen LogP contribution < -0.4 is 4.74 Å². The minimum Gasteiger partial charge on any atom is -0.491 e. The molecular weight excluding hydrogens is 312 g/mol. The lowest BCUT2D eigenvalue weighted by Gasteiger charge is -2.13. The molecule has 0 fully saturated rings. The second-order valence-corrected chi connectivity index (χ2v) is 5.35. The number of aliphatic hydroxyl groups excluding tert-OH is 1. The van der Waals surface area contributed by atoms with Gasteiger partial charge in [0.1, 0.15) is 31.7 Å². The van der Waals surface area contributed by atoms with Crippen LogP contribution in [-0.4, -0.2) is 36.4 Å². The third-order valence-electron chi connectivity index (χ3n) is 2.81. The molecule has 0 aliphatic heterocycles. The molecule has 1 atom stereocenters. The van der Waals surface area contributed by atoms with Crippen LogP contribution in [0.3, 0.4) is 0 Å². The van der Waals surface area contributed by atoms with E-state index in [0.29, 0.717) is 11.3 Å². The third kappa shape index (κ3) is 7.11. The molecule has 0 amide bonds. The second-order valence-electron chi connectivity index (χ2n) is 5.35. The van der Waals surface area contributed by atoms with Gasteiger partial charge in [-0.15, -0.1) is 0 Å². The minimum absolute atomic E-state index is 0.0432. The number of hydrogen-bond acceptors (Lipinski definition) is 6. The van der Waals surface area contributed by atoms with E-state index in [1.165, 1.54) is 6.92 Å². The van der Waals surface area contributed by atoms with E-state index < -0.39 is 18.0 Å². The zero-order chi connectivity index (χ0) is 18.1. The van der Waals surface area contributed by atoms with Crippen molar-refractivity contribution in [2.45, 2.75) is 26.6 Å². The quantitative estimate of drug-likeness (QED) is 0.550. The van der Waals surface area contributed by atoms with Gasteiger partial charge in [0.2, 0.25) is 0 Å². The van der Waals surface area contributed by atoms with Gasteiger partial charge in [0.15, 0.2) is 0 Å². The summed E-state index contributed by atoms with van der Waals surface area (Å²) in [5.41, 5.74) is 1.33. The van der Waals surface area contributed by atoms with E-state index in [1.807, 2.05) is 0 Å². The van der Waals surface area contributed by atoms with E-state index in [-0.39, 0.29) is 25.4 Å². The van der Waals surface area contributed by atoms with Crippen LogP contribution in [0.5, 0.6) is 5.75 Å². The maximum Gasteiger partial charge on any atom is 0.333 e. The first kappa shape index (κ1) is 19.4. The van der Waals surface area contributed by atoms with Gasteiger partial charge in [-0.2, -0.15) is 0 Å². The molecule has 0 bridgehead atoms. The average Bonchev–Trinajstić information content (AvgIpc) is 2.55. The van der Waals surface area contributed by atoms with Gasteiger partial charge in [-0.1, -0.05) is 25.3 Å². The van der Waals surface area contributed by atoms with Crippen molar-refractivity contribution in [2.24, 2.45) is 0 Å². The van der Waals surface area contributed by atoms with Gasteiger partial charge in [0.05, 0.1) is 0 Å². The number of aliphatic hydroxyl groups is 1. The van der Waals surface area contributed by atoms with Crippen molar-refractivity contribution < 1.29 is 28.9 Å². The SMILES string of the molecule is C=C(C)C(=O)OCc1cccc(OCC(O)COC(=O)C(=C)C)c1. The van der Waals surface area contributed by atoms with Crippen molar-refractivity contribution in [2.75, 3.05) is 13.2 Å². The van der Waals surface area contributed by atoms with Crippen LogP contribution in [0.1, 0.15) is 19.4 Å². The van der Waals surface area contributed by atoms with E-state index >= 15 is 0 Å². The summed E-state index contributed by atoms with van der Waals surface area (Å²) < 4.78 is 15.3. The van der Waals surface area contributed by atoms with Crippen molar-refractivity contribution >= 4 is 11.9 Å². The molecule has 0 spiro atoms. The first-order valence-corrected chi connectivity index (χ1v) is 7.34. The number of hydrogen-bond donors (Lipinski definition) is 1. The first-order chi connectivity index (χ1) is 11.3. The molecule has 0 saturated heterocycles. The Hall–Kier alpha value is -2.60. The number of carbonyl (C=O) groups excluding carboxylic acids is 2. The van der Waals surface area contributed by atoms with E-state index in [2.05, 4.69) is 13.2 Å². The molecule has 0 aliphatic carbocycles. The van der Waals surface area contributed by atoms with Crippen molar-refractivity contribution in [3.8, 4) is 5.75 Å². The fourth-order valence-electron chi connectivity index (χ4n) is 1.53. The number of esters is 2. The van der Waals surface area contributed by atoms with Gasteiger partial charge < -0.3 is 19.3 Å². The summed E-state index contributed by atoms with van der Waals surface area (Å²) in [6.07, 6.45) is -0.960. The molecule has 1 N–H and O–H groups in total. The molecule has 1 rings (SSSR count). The topological polar surface area (TPSA) is 82.1 Å². The Morgan fingerprint density at radius 3 is 2.33 bits per heavy atom. The van der Waals surface area contributed by atoms with Crippen LogP contribution in [0.25, 0.3) is 0 Å². The van der Waals surface area contributed by atoms with Crippen LogP contribution in [0.4, 0.5) is 0 Å². The van der Waals surface area contributed by atoms with Crippen LogP contribution in [0.15, 0.2) is 48.6 Å². The van der Waals surface area contributed by atoms with Crippen molar-refractivity contribution in [1.82, 2.24) is 0 Å². The van der Waals surface area contributed by atoms with Crippen molar-refractivity contribution in [3.05, 3.63) is 54.1 Å². The molecule has 0 aromatic heterocycles. The van der Waals surface area contributed by atoms with Gasteiger partial charge in [-0.25, -0.2) is 9.59 Å². The molecule has 1 aromatic rings. The highest BCUT2D eigenvalue weighted by atomic mass is 16.5. The summed E-state index contributed by atoms with van der Waals surface area (Å²) in [6, 6.07) is 6.92. The van der Waals surface area contributed by atoms with Crippen molar-refractivity contribution in [1.29, 1.82) is 0 Å². The van der Waals surface area contributed by atoms with E-state index in [0.717, 1.165) is 5.56 Å². The Balaban J connectivity index is 2.44. The number of benzene rings is 1. The van der Waals surface area contributed by atoms with Gasteiger partial charge in [-0.05, 0) is 31.5 Å². The fourth-order valence-corrected chi connectivity index (χ4v) is 1.53. The number of ether oxygens (including phenoxy) is 3. The normalized spacial score (nSPS) is 11.3. The lowest BCUT2D eigenvalue weighted by atomic mass is 10.2. The molecule has 0 aliphatic rings. The standard InChI is InChI=1S/C18H22O6/c1-12(2)17(20)23-9-14-6-5-7-16(8-14)22-10-15(19)11-24-18(21)13(3)4/h5-8,15,19H,1,3,9-11H2,2,4H3. The van der Waals surface area contributed by atoms with E-state index in [9.17, 15) is 14.7 Å². The molecule has 1 unspecified atom stereocenters. The Kier molecular flexibility index (Phi) is 7.71. The maximum absolute atomic E-state index is 11.4. The van der Waals surface area contributed by atoms with Gasteiger partial charge in [0, 0.05) is 11.1 Å². The molecule has 1 aromatic carbocycles. The molecule has 0 radical (unpaired) electrons. The molecular formula is C18H22O6. The Morgan fingerprint density at radius 1 is 1.08 bits per heavy atom. The number of rotatable bonds is 9. The summed E-state index contributed by atoms with van der Waals surface area (Å²) >= 11 is 0. The number of carbonyl (C=O) groups is 2. The molecule has 6 nitrogen and oxygen atoms in total. The summed E-state index contributed by atoms with van der Waals surface area (Å²) in [7, 11) is 0. The average molecular weight is 334 g/mol. The predicted octanol–water partition coefficient (Wildman–Crippen LogP) is 2.16. The smallest absolute Gasteiger partial charge is 0.333 e. The van der Waals surface area contributed by atoms with Crippen molar-refractivity contribution in [3.63, 3.8) is 0 Å². The van der Waals surface area contributed by atoms with Gasteiger partial charge >= 0.3 is 11.9 Å². The monoisotopic (exact) mass is 334 g/mol. The third-order valence-corrected chi connectivity index (χ3v) is 2.81. The highest BCUT2D eigenvalue weighted by Gasteiger charge is 2.10. The molecule has 6 heteroatoms. The highest BCUT2D eigenvalue weighted by Crippen LogP contribution is 2.15. The molecule has 24 heavy (non-hydrogen) atoms. The summed E-state index contributed by atoms with van der Waals surface area (Å²) in [5, 5.41) is 9.74.